The van der Waals surface area contributed by atoms with Gasteiger partial charge in [0.05, 0.1) is 18.2 Å². The minimum Gasteiger partial charge on any atom is -0.463 e. The lowest BCUT2D eigenvalue weighted by molar-refractivity contribution is -0.139. The van der Waals surface area contributed by atoms with Crippen LogP contribution in [0.4, 0.5) is 4.79 Å². The van der Waals surface area contributed by atoms with Crippen LogP contribution in [0, 0.1) is 5.92 Å². The van der Waals surface area contributed by atoms with Crippen molar-refractivity contribution in [3.63, 3.8) is 0 Å². The van der Waals surface area contributed by atoms with E-state index in [2.05, 4.69) is 10.2 Å². The molecule has 1 aromatic rings. The van der Waals surface area contributed by atoms with Crippen LogP contribution in [-0.4, -0.2) is 79.0 Å². The predicted octanol–water partition coefficient (Wildman–Crippen LogP) is 3.58. The zero-order valence-corrected chi connectivity index (χ0v) is 21.4. The van der Waals surface area contributed by atoms with E-state index in [0.29, 0.717) is 35.9 Å². The third-order valence-corrected chi connectivity index (χ3v) is 7.51. The fourth-order valence-corrected chi connectivity index (χ4v) is 5.42. The number of carbonyl (C=O) groups excluding carboxylic acids is 3. The van der Waals surface area contributed by atoms with E-state index < -0.39 is 12.0 Å². The van der Waals surface area contributed by atoms with Crippen LogP contribution < -0.4 is 5.32 Å². The number of hydrogen-bond acceptors (Lipinski definition) is 5. The van der Waals surface area contributed by atoms with Gasteiger partial charge >= 0.3 is 12.0 Å². The largest absolute Gasteiger partial charge is 0.463 e. The summed E-state index contributed by atoms with van der Waals surface area (Å²) in [6.45, 7) is 5.32. The highest BCUT2D eigenvalue weighted by atomic mass is 35.5. The molecule has 0 unspecified atom stereocenters. The molecule has 0 spiro atoms. The van der Waals surface area contributed by atoms with Crippen LogP contribution in [-0.2, 0) is 14.3 Å². The van der Waals surface area contributed by atoms with Crippen molar-refractivity contribution in [2.45, 2.75) is 45.1 Å². The van der Waals surface area contributed by atoms with Crippen LogP contribution in [0.1, 0.15) is 50.6 Å². The van der Waals surface area contributed by atoms with Crippen LogP contribution in [0.2, 0.25) is 5.02 Å². The van der Waals surface area contributed by atoms with Gasteiger partial charge in [-0.25, -0.2) is 9.59 Å². The van der Waals surface area contributed by atoms with Gasteiger partial charge in [-0.2, -0.15) is 0 Å². The summed E-state index contributed by atoms with van der Waals surface area (Å²) < 4.78 is 5.42. The molecule has 1 saturated carbocycles. The Morgan fingerprint density at radius 1 is 1.06 bits per heavy atom. The second-order valence-electron chi connectivity index (χ2n) is 9.51. The zero-order chi connectivity index (χ0) is 24.9. The molecule has 1 aliphatic carbocycles. The maximum Gasteiger partial charge on any atom is 0.338 e. The quantitative estimate of drug-likeness (QED) is 0.601. The van der Waals surface area contributed by atoms with Crippen molar-refractivity contribution in [3.05, 3.63) is 46.1 Å². The second-order valence-corrected chi connectivity index (χ2v) is 9.95. The number of ether oxygens (including phenoxy) is 1. The molecule has 1 atom stereocenters. The van der Waals surface area contributed by atoms with E-state index in [1.54, 1.807) is 26.1 Å². The van der Waals surface area contributed by atoms with E-state index in [4.69, 9.17) is 16.3 Å². The smallest absolute Gasteiger partial charge is 0.338 e. The van der Waals surface area contributed by atoms with Gasteiger partial charge in [-0.05, 0) is 43.9 Å². The zero-order valence-electron chi connectivity index (χ0n) is 20.6. The average Bonchev–Trinajstić information content (AvgIpc) is 3.29. The Morgan fingerprint density at radius 3 is 2.46 bits per heavy atom. The molecule has 3 aliphatic rings. The summed E-state index contributed by atoms with van der Waals surface area (Å²) in [4.78, 5) is 44.7. The van der Waals surface area contributed by atoms with Crippen molar-refractivity contribution in [2.24, 2.45) is 5.92 Å². The molecule has 3 amide bonds. The fourth-order valence-electron chi connectivity index (χ4n) is 5.30. The number of esters is 1. The molecule has 0 radical (unpaired) electrons. The summed E-state index contributed by atoms with van der Waals surface area (Å²) in [7, 11) is 1.68. The minimum atomic E-state index is -0.627. The standard InChI is InChI=1S/C26H35ClN4O4/c1-3-35-25(33)22-21(29(2)26(34)28-23(22)18-9-11-20(27)12-10-18)17-30-13-6-14-31(16-15-30)24(32)19-7-4-5-8-19/h9-12,19,23H,3-8,13-17H2,1-2H3,(H,28,34)/t23-/m1/s1. The first-order valence-electron chi connectivity index (χ1n) is 12.6. The van der Waals surface area contributed by atoms with Crippen molar-refractivity contribution in [1.29, 1.82) is 0 Å². The fraction of sp³-hybridized carbons (Fsp3) is 0.577. The molecule has 1 aromatic carbocycles. The maximum atomic E-state index is 13.2. The molecule has 9 heteroatoms. The van der Waals surface area contributed by atoms with Crippen LogP contribution in [0.15, 0.2) is 35.5 Å². The molecule has 190 valence electrons. The molecule has 2 fully saturated rings. The SMILES string of the molecule is CCOC(=O)C1=C(CN2CCCN(C(=O)C3CCCC3)CC2)N(C)C(=O)N[C@@H]1c1ccc(Cl)cc1. The van der Waals surface area contributed by atoms with Crippen LogP contribution in [0.25, 0.3) is 0 Å². The van der Waals surface area contributed by atoms with Crippen molar-refractivity contribution >= 4 is 29.5 Å². The summed E-state index contributed by atoms with van der Waals surface area (Å²) in [5.41, 5.74) is 1.82. The first kappa shape index (κ1) is 25.5. The molecule has 2 heterocycles. The van der Waals surface area contributed by atoms with Crippen LogP contribution in [0.3, 0.4) is 0 Å². The van der Waals surface area contributed by atoms with Crippen molar-refractivity contribution in [1.82, 2.24) is 20.0 Å². The van der Waals surface area contributed by atoms with E-state index in [9.17, 15) is 14.4 Å². The van der Waals surface area contributed by atoms with Gasteiger partial charge in [-0.15, -0.1) is 0 Å². The predicted molar refractivity (Wildman–Crippen MR) is 134 cm³/mol. The van der Waals surface area contributed by atoms with Crippen molar-refractivity contribution in [3.8, 4) is 0 Å². The Bertz CT molecular complexity index is 974. The van der Waals surface area contributed by atoms with E-state index in [0.717, 1.165) is 50.8 Å². The van der Waals surface area contributed by atoms with Gasteiger partial charge in [-0.3, -0.25) is 14.6 Å². The maximum absolute atomic E-state index is 13.2. The topological polar surface area (TPSA) is 82.2 Å². The second kappa shape index (κ2) is 11.4. The number of benzene rings is 1. The number of halogens is 1. The number of urea groups is 1. The Hall–Kier alpha value is -2.58. The van der Waals surface area contributed by atoms with Gasteiger partial charge in [-0.1, -0.05) is 36.6 Å². The highest BCUT2D eigenvalue weighted by molar-refractivity contribution is 6.30. The number of nitrogens with zero attached hydrogens (tertiary/aromatic N) is 3. The Labute approximate surface area is 212 Å². The number of amides is 3. The number of nitrogens with one attached hydrogen (secondary N) is 1. The third-order valence-electron chi connectivity index (χ3n) is 7.25. The first-order valence-corrected chi connectivity index (χ1v) is 13.0. The summed E-state index contributed by atoms with van der Waals surface area (Å²) in [6.07, 6.45) is 5.15. The van der Waals surface area contributed by atoms with Crippen molar-refractivity contribution < 1.29 is 19.1 Å². The number of hydrogen-bond donors (Lipinski definition) is 1. The number of rotatable bonds is 6. The molecule has 8 nitrogen and oxygen atoms in total. The lowest BCUT2D eigenvalue weighted by atomic mass is 9.94. The molecular weight excluding hydrogens is 468 g/mol. The Balaban J connectivity index is 1.58. The highest BCUT2D eigenvalue weighted by Crippen LogP contribution is 2.32. The molecule has 1 saturated heterocycles. The van der Waals surface area contributed by atoms with Gasteiger partial charge in [0.2, 0.25) is 5.91 Å². The summed E-state index contributed by atoms with van der Waals surface area (Å²) in [6, 6.07) is 6.21. The third kappa shape index (κ3) is 5.81. The van der Waals surface area contributed by atoms with Crippen LogP contribution in [0.5, 0.6) is 0 Å². The molecule has 4 rings (SSSR count). The normalized spacial score (nSPS) is 22.3. The monoisotopic (exact) mass is 502 g/mol. The molecule has 2 aliphatic heterocycles. The lowest BCUT2D eigenvalue weighted by Gasteiger charge is -2.36. The molecule has 0 aromatic heterocycles. The van der Waals surface area contributed by atoms with Crippen molar-refractivity contribution in [2.75, 3.05) is 46.4 Å². The Morgan fingerprint density at radius 2 is 1.77 bits per heavy atom. The average molecular weight is 503 g/mol. The summed E-state index contributed by atoms with van der Waals surface area (Å²) in [5.74, 6) is 0.0166. The number of carbonyl (C=O) groups is 3. The summed E-state index contributed by atoms with van der Waals surface area (Å²) in [5, 5.41) is 3.52. The van der Waals surface area contributed by atoms with Gasteiger partial charge in [0, 0.05) is 56.4 Å². The highest BCUT2D eigenvalue weighted by Gasteiger charge is 2.37. The molecule has 1 N–H and O–H groups in total. The minimum absolute atomic E-state index is 0.174. The van der Waals surface area contributed by atoms with E-state index in [-0.39, 0.29) is 24.5 Å². The number of likely N-dealkylation sites (N-methyl/N-ethyl adjacent to an activating group) is 1. The van der Waals surface area contributed by atoms with Gasteiger partial charge in [0.1, 0.15) is 0 Å². The van der Waals surface area contributed by atoms with Gasteiger partial charge in [0.25, 0.3) is 0 Å². The first-order chi connectivity index (χ1) is 16.9. The lowest BCUT2D eigenvalue weighted by Crippen LogP contribution is -2.49. The van der Waals surface area contributed by atoms with Crippen LogP contribution >= 0.6 is 11.6 Å². The Kier molecular flexibility index (Phi) is 8.34. The molecular formula is C26H35ClN4O4. The van der Waals surface area contributed by atoms with Gasteiger partial charge in [0.15, 0.2) is 0 Å². The molecule has 0 bridgehead atoms. The van der Waals surface area contributed by atoms with E-state index in [1.165, 1.54) is 4.90 Å². The van der Waals surface area contributed by atoms with E-state index >= 15 is 0 Å². The van der Waals surface area contributed by atoms with E-state index in [1.807, 2.05) is 17.0 Å². The summed E-state index contributed by atoms with van der Waals surface area (Å²) >= 11 is 6.07. The molecule has 35 heavy (non-hydrogen) atoms. The van der Waals surface area contributed by atoms with Gasteiger partial charge < -0.3 is 15.0 Å².